The number of carbonyl (C=O) groups excluding carboxylic acids is 2. The van der Waals surface area contributed by atoms with Gasteiger partial charge in [0.1, 0.15) is 23.1 Å². The number of nitrogens with zero attached hydrogens (tertiary/aromatic N) is 2. The Balaban J connectivity index is 1.32. The molecule has 0 radical (unpaired) electrons. The predicted molar refractivity (Wildman–Crippen MR) is 141 cm³/mol. The molecule has 36 heavy (non-hydrogen) atoms. The number of hydrogen-bond donors (Lipinski definition) is 1. The van der Waals surface area contributed by atoms with Crippen LogP contribution in [0.15, 0.2) is 53.9 Å². The van der Waals surface area contributed by atoms with Gasteiger partial charge in [0.2, 0.25) is 5.91 Å². The largest absolute Gasteiger partial charge is 0.486 e. The molecule has 6 nitrogen and oxygen atoms in total. The minimum atomic E-state index is -0.133. The Morgan fingerprint density at radius 2 is 1.97 bits per heavy atom. The number of carbonyl (C=O) groups is 2. The van der Waals surface area contributed by atoms with Crippen LogP contribution in [-0.4, -0.2) is 34.8 Å². The molecular weight excluding hydrogens is 470 g/mol. The van der Waals surface area contributed by atoms with E-state index in [0.29, 0.717) is 37.1 Å². The maximum absolute atomic E-state index is 13.2. The van der Waals surface area contributed by atoms with Gasteiger partial charge in [0, 0.05) is 24.9 Å². The summed E-state index contributed by atoms with van der Waals surface area (Å²) in [7, 11) is 0. The van der Waals surface area contributed by atoms with Gasteiger partial charge in [0.25, 0.3) is 5.91 Å². The first kappa shape index (κ1) is 24.5. The first-order chi connectivity index (χ1) is 17.5. The van der Waals surface area contributed by atoms with E-state index in [-0.39, 0.29) is 17.9 Å². The summed E-state index contributed by atoms with van der Waals surface area (Å²) >= 11 is 1.43. The highest BCUT2D eigenvalue weighted by Crippen LogP contribution is 2.38. The summed E-state index contributed by atoms with van der Waals surface area (Å²) < 4.78 is 6.12. The van der Waals surface area contributed by atoms with Gasteiger partial charge in [-0.1, -0.05) is 50.2 Å². The molecule has 1 aromatic heterocycles. The lowest BCUT2D eigenvalue weighted by molar-refractivity contribution is -0.134. The van der Waals surface area contributed by atoms with Crippen molar-refractivity contribution in [1.29, 1.82) is 0 Å². The van der Waals surface area contributed by atoms with E-state index in [0.717, 1.165) is 34.8 Å². The van der Waals surface area contributed by atoms with E-state index in [2.05, 4.69) is 48.4 Å². The van der Waals surface area contributed by atoms with E-state index < -0.39 is 0 Å². The van der Waals surface area contributed by atoms with E-state index in [9.17, 15) is 9.59 Å². The molecule has 0 bridgehead atoms. The summed E-state index contributed by atoms with van der Waals surface area (Å²) in [6, 6.07) is 16.3. The van der Waals surface area contributed by atoms with E-state index in [1.54, 1.807) is 5.38 Å². The molecule has 0 unspecified atom stereocenters. The number of rotatable bonds is 9. The van der Waals surface area contributed by atoms with E-state index in [1.807, 2.05) is 29.2 Å². The smallest absolute Gasteiger partial charge is 0.270 e. The lowest BCUT2D eigenvalue weighted by Gasteiger charge is -2.38. The fourth-order valence-electron chi connectivity index (χ4n) is 4.69. The third-order valence-electron chi connectivity index (χ3n) is 6.76. The summed E-state index contributed by atoms with van der Waals surface area (Å²) in [6.45, 7) is 5.91. The highest BCUT2D eigenvalue weighted by molar-refractivity contribution is 7.09. The average Bonchev–Trinajstić information content (AvgIpc) is 3.59. The second kappa shape index (κ2) is 10.8. The second-order valence-corrected chi connectivity index (χ2v) is 11.1. The van der Waals surface area contributed by atoms with Gasteiger partial charge in [-0.25, -0.2) is 4.98 Å². The minimum absolute atomic E-state index is 0.116. The molecule has 1 atom stereocenters. The average molecular weight is 504 g/mol. The van der Waals surface area contributed by atoms with Crippen molar-refractivity contribution in [3.63, 3.8) is 0 Å². The molecule has 2 aliphatic rings. The van der Waals surface area contributed by atoms with Crippen LogP contribution in [-0.2, 0) is 17.8 Å². The maximum Gasteiger partial charge on any atom is 0.270 e. The Morgan fingerprint density at radius 3 is 2.72 bits per heavy atom. The van der Waals surface area contributed by atoms with Crippen LogP contribution in [0.2, 0.25) is 0 Å². The molecule has 3 aromatic rings. The second-order valence-electron chi connectivity index (χ2n) is 10.2. The summed E-state index contributed by atoms with van der Waals surface area (Å²) in [5.74, 6) is 1.75. The highest BCUT2D eigenvalue weighted by atomic mass is 32.1. The molecule has 188 valence electrons. The molecule has 0 saturated heterocycles. The van der Waals surface area contributed by atoms with Crippen LogP contribution in [0.3, 0.4) is 0 Å². The Hall–Kier alpha value is -3.19. The first-order valence-corrected chi connectivity index (χ1v) is 13.7. The van der Waals surface area contributed by atoms with E-state index >= 15 is 0 Å². The predicted octanol–water partition coefficient (Wildman–Crippen LogP) is 5.38. The number of ether oxygens (including phenoxy) is 1. The van der Waals surface area contributed by atoms with Crippen molar-refractivity contribution in [1.82, 2.24) is 15.2 Å². The Labute approximate surface area is 216 Å². The number of nitrogens with one attached hydrogen (secondary N) is 1. The first-order valence-electron chi connectivity index (χ1n) is 12.8. The number of aromatic nitrogens is 1. The maximum atomic E-state index is 13.2. The van der Waals surface area contributed by atoms with Crippen molar-refractivity contribution in [2.75, 3.05) is 13.1 Å². The molecule has 1 N–H and O–H groups in total. The molecule has 0 spiro atoms. The van der Waals surface area contributed by atoms with Crippen LogP contribution in [0.4, 0.5) is 0 Å². The van der Waals surface area contributed by atoms with Gasteiger partial charge in [-0.3, -0.25) is 9.59 Å². The molecule has 1 saturated carbocycles. The molecule has 5 rings (SSSR count). The monoisotopic (exact) mass is 503 g/mol. The minimum Gasteiger partial charge on any atom is -0.486 e. The fourth-order valence-corrected chi connectivity index (χ4v) is 5.37. The molecule has 1 aliphatic carbocycles. The summed E-state index contributed by atoms with van der Waals surface area (Å²) in [5, 5.41) is 5.51. The molecule has 7 heteroatoms. The van der Waals surface area contributed by atoms with Crippen LogP contribution in [0.25, 0.3) is 0 Å². The van der Waals surface area contributed by atoms with Crippen LogP contribution < -0.4 is 10.1 Å². The van der Waals surface area contributed by atoms with Gasteiger partial charge < -0.3 is 15.0 Å². The van der Waals surface area contributed by atoms with Crippen molar-refractivity contribution in [2.24, 2.45) is 11.8 Å². The van der Waals surface area contributed by atoms with Crippen LogP contribution in [0, 0.1) is 11.8 Å². The third kappa shape index (κ3) is 5.78. The summed E-state index contributed by atoms with van der Waals surface area (Å²) in [6.07, 6.45) is 3.77. The Morgan fingerprint density at radius 1 is 1.17 bits per heavy atom. The molecule has 2 aromatic carbocycles. The Bertz CT molecular complexity index is 1220. The topological polar surface area (TPSA) is 71.5 Å². The number of fused-ring (bicyclic) bond motifs is 1. The zero-order valence-corrected chi connectivity index (χ0v) is 21.7. The van der Waals surface area contributed by atoms with Crippen molar-refractivity contribution in [2.45, 2.75) is 52.2 Å². The van der Waals surface area contributed by atoms with Crippen molar-refractivity contribution in [3.8, 4) is 5.75 Å². The van der Waals surface area contributed by atoms with E-state index in [1.165, 1.54) is 29.7 Å². The molecule has 1 fully saturated rings. The van der Waals surface area contributed by atoms with Gasteiger partial charge in [-0.15, -0.1) is 11.3 Å². The standard InChI is InChI=1S/C29H33N3O3S/c1-19(2)14-27(33)32-13-12-21-10-11-23(15-24(21)28(32)22-6-4-3-5-7-22)35-17-26-31-25(18-36-26)29(34)30-16-20-8-9-20/h3-7,10-11,15,18-20,28H,8-9,12-14,16-17H2,1-2H3,(H,30,34)/t28-/m0/s1. The Kier molecular flexibility index (Phi) is 7.37. The lowest BCUT2D eigenvalue weighted by Crippen LogP contribution is -2.41. The van der Waals surface area contributed by atoms with Crippen LogP contribution >= 0.6 is 11.3 Å². The normalized spacial score (nSPS) is 17.1. The van der Waals surface area contributed by atoms with Gasteiger partial charge in [0.15, 0.2) is 0 Å². The van der Waals surface area contributed by atoms with Gasteiger partial charge in [-0.2, -0.15) is 0 Å². The van der Waals surface area contributed by atoms with Crippen LogP contribution in [0.1, 0.15) is 71.3 Å². The van der Waals surface area contributed by atoms with Crippen molar-refractivity contribution in [3.05, 3.63) is 81.3 Å². The molecule has 2 heterocycles. The number of amides is 2. The van der Waals surface area contributed by atoms with Crippen molar-refractivity contribution >= 4 is 23.2 Å². The molecular formula is C29H33N3O3S. The quantitative estimate of drug-likeness (QED) is 0.425. The summed E-state index contributed by atoms with van der Waals surface area (Å²) in [4.78, 5) is 32.0. The fraction of sp³-hybridized carbons (Fsp3) is 0.414. The van der Waals surface area contributed by atoms with Gasteiger partial charge >= 0.3 is 0 Å². The highest BCUT2D eigenvalue weighted by Gasteiger charge is 2.32. The lowest BCUT2D eigenvalue weighted by atomic mass is 9.87. The zero-order valence-electron chi connectivity index (χ0n) is 20.9. The number of thiazole rings is 1. The van der Waals surface area contributed by atoms with Crippen molar-refractivity contribution < 1.29 is 14.3 Å². The number of hydrogen-bond acceptors (Lipinski definition) is 5. The summed E-state index contributed by atoms with van der Waals surface area (Å²) in [5.41, 5.74) is 3.91. The van der Waals surface area contributed by atoms with E-state index in [4.69, 9.17) is 4.74 Å². The number of benzene rings is 2. The molecule has 1 aliphatic heterocycles. The third-order valence-corrected chi connectivity index (χ3v) is 7.58. The molecule has 2 amide bonds. The zero-order chi connectivity index (χ0) is 25.1. The van der Waals surface area contributed by atoms with Gasteiger partial charge in [-0.05, 0) is 59.9 Å². The van der Waals surface area contributed by atoms with Gasteiger partial charge in [0.05, 0.1) is 6.04 Å². The van der Waals surface area contributed by atoms with Crippen LogP contribution in [0.5, 0.6) is 5.75 Å². The SMILES string of the molecule is CC(C)CC(=O)N1CCc2ccc(OCc3nc(C(=O)NCC4CC4)cs3)cc2[C@@H]1c1ccccc1.